The highest BCUT2D eigenvalue weighted by atomic mass is 16.1. The number of hydrogen-bond donors (Lipinski definition) is 2. The van der Waals surface area contributed by atoms with Gasteiger partial charge in [0.15, 0.2) is 0 Å². The van der Waals surface area contributed by atoms with Gasteiger partial charge in [-0.3, -0.25) is 4.79 Å². The zero-order chi connectivity index (χ0) is 14.0. The fraction of sp³-hybridized carbons (Fsp3) is 0.438. The van der Waals surface area contributed by atoms with Crippen LogP contribution in [0.25, 0.3) is 10.9 Å². The van der Waals surface area contributed by atoms with Crippen LogP contribution in [-0.4, -0.2) is 10.9 Å². The lowest BCUT2D eigenvalue weighted by Gasteiger charge is -2.15. The average molecular weight is 258 g/mol. The SMILES string of the molecule is CCCC(=O)Nc1ccc2[nH]c(C(C)(C)C)cc2c1. The maximum Gasteiger partial charge on any atom is 0.224 e. The van der Waals surface area contributed by atoms with Gasteiger partial charge in [-0.25, -0.2) is 0 Å². The van der Waals surface area contributed by atoms with Crippen LogP contribution < -0.4 is 5.32 Å². The van der Waals surface area contributed by atoms with Gasteiger partial charge in [-0.15, -0.1) is 0 Å². The smallest absolute Gasteiger partial charge is 0.224 e. The van der Waals surface area contributed by atoms with Crippen molar-refractivity contribution in [2.24, 2.45) is 0 Å². The quantitative estimate of drug-likeness (QED) is 0.851. The number of nitrogens with one attached hydrogen (secondary N) is 2. The normalized spacial score (nSPS) is 11.8. The van der Waals surface area contributed by atoms with Crippen molar-refractivity contribution in [1.82, 2.24) is 4.98 Å². The summed E-state index contributed by atoms with van der Waals surface area (Å²) in [6.45, 7) is 8.55. The summed E-state index contributed by atoms with van der Waals surface area (Å²) in [6.07, 6.45) is 1.44. The van der Waals surface area contributed by atoms with E-state index < -0.39 is 0 Å². The number of carbonyl (C=O) groups excluding carboxylic acids is 1. The largest absolute Gasteiger partial charge is 0.358 e. The van der Waals surface area contributed by atoms with Gasteiger partial charge in [0.2, 0.25) is 5.91 Å². The van der Waals surface area contributed by atoms with Crippen LogP contribution in [0.1, 0.15) is 46.2 Å². The molecule has 0 bridgehead atoms. The van der Waals surface area contributed by atoms with E-state index in [1.807, 2.05) is 25.1 Å². The number of fused-ring (bicyclic) bond motifs is 1. The highest BCUT2D eigenvalue weighted by Crippen LogP contribution is 2.27. The molecule has 102 valence electrons. The Bertz CT molecular complexity index is 590. The molecule has 3 heteroatoms. The van der Waals surface area contributed by atoms with Crippen LogP contribution in [0.2, 0.25) is 0 Å². The first-order chi connectivity index (χ1) is 8.90. The first-order valence-corrected chi connectivity index (χ1v) is 6.83. The summed E-state index contributed by atoms with van der Waals surface area (Å²) in [4.78, 5) is 15.0. The number of anilines is 1. The van der Waals surface area contributed by atoms with E-state index in [2.05, 4.69) is 37.1 Å². The molecule has 1 aromatic heterocycles. The number of benzene rings is 1. The van der Waals surface area contributed by atoms with Crippen LogP contribution in [0.5, 0.6) is 0 Å². The summed E-state index contributed by atoms with van der Waals surface area (Å²) in [5.41, 5.74) is 3.29. The number of carbonyl (C=O) groups is 1. The summed E-state index contributed by atoms with van der Waals surface area (Å²) in [6, 6.07) is 8.14. The fourth-order valence-electron chi connectivity index (χ4n) is 2.06. The highest BCUT2D eigenvalue weighted by Gasteiger charge is 2.16. The van der Waals surface area contributed by atoms with Crippen molar-refractivity contribution in [3.63, 3.8) is 0 Å². The van der Waals surface area contributed by atoms with Crippen LogP contribution in [-0.2, 0) is 10.2 Å². The number of amides is 1. The Hall–Kier alpha value is -1.77. The Morgan fingerprint density at radius 1 is 1.26 bits per heavy atom. The molecule has 2 N–H and O–H groups in total. The van der Waals surface area contributed by atoms with E-state index in [1.165, 1.54) is 5.69 Å². The number of aromatic amines is 1. The van der Waals surface area contributed by atoms with Crippen LogP contribution in [0.15, 0.2) is 24.3 Å². The van der Waals surface area contributed by atoms with E-state index >= 15 is 0 Å². The molecule has 2 rings (SSSR count). The molecule has 0 atom stereocenters. The molecule has 0 unspecified atom stereocenters. The lowest BCUT2D eigenvalue weighted by atomic mass is 9.92. The van der Waals surface area contributed by atoms with E-state index in [-0.39, 0.29) is 11.3 Å². The standard InChI is InChI=1S/C16H22N2O/c1-5-6-15(19)17-12-7-8-13-11(9-12)10-14(18-13)16(2,3)4/h7-10,18H,5-6H2,1-4H3,(H,17,19). The zero-order valence-electron chi connectivity index (χ0n) is 12.1. The van der Waals surface area contributed by atoms with Crippen molar-refractivity contribution >= 4 is 22.5 Å². The summed E-state index contributed by atoms with van der Waals surface area (Å²) in [7, 11) is 0. The number of hydrogen-bond acceptors (Lipinski definition) is 1. The molecule has 0 saturated heterocycles. The lowest BCUT2D eigenvalue weighted by molar-refractivity contribution is -0.116. The minimum Gasteiger partial charge on any atom is -0.358 e. The first-order valence-electron chi connectivity index (χ1n) is 6.83. The van der Waals surface area contributed by atoms with Crippen molar-refractivity contribution in [3.8, 4) is 0 Å². The molecule has 1 aromatic carbocycles. The van der Waals surface area contributed by atoms with Crippen molar-refractivity contribution in [1.29, 1.82) is 0 Å². The number of aromatic nitrogens is 1. The van der Waals surface area contributed by atoms with Crippen molar-refractivity contribution < 1.29 is 4.79 Å². The summed E-state index contributed by atoms with van der Waals surface area (Å²) in [5, 5.41) is 4.07. The van der Waals surface area contributed by atoms with E-state index in [0.717, 1.165) is 23.0 Å². The second-order valence-corrected chi connectivity index (χ2v) is 6.03. The Balaban J connectivity index is 2.28. The van der Waals surface area contributed by atoms with Crippen LogP contribution in [0, 0.1) is 0 Å². The molecule has 0 aliphatic heterocycles. The topological polar surface area (TPSA) is 44.9 Å². The lowest BCUT2D eigenvalue weighted by Crippen LogP contribution is -2.10. The molecule has 3 nitrogen and oxygen atoms in total. The van der Waals surface area contributed by atoms with Gasteiger partial charge >= 0.3 is 0 Å². The van der Waals surface area contributed by atoms with Gasteiger partial charge in [0, 0.05) is 34.1 Å². The molecule has 0 spiro atoms. The maximum absolute atomic E-state index is 11.6. The molecule has 0 fully saturated rings. The predicted molar refractivity (Wildman–Crippen MR) is 80.5 cm³/mol. The minimum absolute atomic E-state index is 0.0773. The summed E-state index contributed by atoms with van der Waals surface area (Å²) in [5.74, 6) is 0.0773. The molecule has 2 aromatic rings. The first kappa shape index (κ1) is 13.7. The van der Waals surface area contributed by atoms with Gasteiger partial charge < -0.3 is 10.3 Å². The molecule has 0 saturated carbocycles. The third-order valence-corrected chi connectivity index (χ3v) is 3.19. The predicted octanol–water partition coefficient (Wildman–Crippen LogP) is 4.20. The molecule has 1 heterocycles. The van der Waals surface area contributed by atoms with Gasteiger partial charge in [0.1, 0.15) is 0 Å². The van der Waals surface area contributed by atoms with Crippen molar-refractivity contribution in [2.45, 2.75) is 46.0 Å². The van der Waals surface area contributed by atoms with Crippen LogP contribution in [0.4, 0.5) is 5.69 Å². The fourth-order valence-corrected chi connectivity index (χ4v) is 2.06. The third-order valence-electron chi connectivity index (χ3n) is 3.19. The van der Waals surface area contributed by atoms with E-state index in [9.17, 15) is 4.79 Å². The highest BCUT2D eigenvalue weighted by molar-refractivity contribution is 5.93. The van der Waals surface area contributed by atoms with Crippen LogP contribution in [0.3, 0.4) is 0 Å². The van der Waals surface area contributed by atoms with Crippen molar-refractivity contribution in [2.75, 3.05) is 5.32 Å². The summed E-state index contributed by atoms with van der Waals surface area (Å²) >= 11 is 0. The Kier molecular flexibility index (Phi) is 3.65. The Morgan fingerprint density at radius 2 is 2.00 bits per heavy atom. The van der Waals surface area contributed by atoms with Gasteiger partial charge in [0.25, 0.3) is 0 Å². The number of rotatable bonds is 3. The Labute approximate surface area is 114 Å². The van der Waals surface area contributed by atoms with Crippen LogP contribution >= 0.6 is 0 Å². The van der Waals surface area contributed by atoms with E-state index in [4.69, 9.17) is 0 Å². The molecule has 19 heavy (non-hydrogen) atoms. The van der Waals surface area contributed by atoms with E-state index in [0.29, 0.717) is 6.42 Å². The second kappa shape index (κ2) is 5.08. The molecule has 0 aliphatic carbocycles. The molecule has 0 aliphatic rings. The van der Waals surface area contributed by atoms with Gasteiger partial charge in [0.05, 0.1) is 0 Å². The zero-order valence-corrected chi connectivity index (χ0v) is 12.1. The second-order valence-electron chi connectivity index (χ2n) is 6.03. The van der Waals surface area contributed by atoms with Crippen molar-refractivity contribution in [3.05, 3.63) is 30.0 Å². The molecular weight excluding hydrogens is 236 g/mol. The third kappa shape index (κ3) is 3.16. The minimum atomic E-state index is 0.0773. The Morgan fingerprint density at radius 3 is 2.63 bits per heavy atom. The molecule has 1 amide bonds. The van der Waals surface area contributed by atoms with Gasteiger partial charge in [-0.2, -0.15) is 0 Å². The average Bonchev–Trinajstić information content (AvgIpc) is 2.71. The van der Waals surface area contributed by atoms with Gasteiger partial charge in [-0.1, -0.05) is 27.7 Å². The molecule has 0 radical (unpaired) electrons. The van der Waals surface area contributed by atoms with E-state index in [1.54, 1.807) is 0 Å². The monoisotopic (exact) mass is 258 g/mol. The maximum atomic E-state index is 11.6. The molecular formula is C16H22N2O. The van der Waals surface area contributed by atoms with Gasteiger partial charge in [-0.05, 0) is 30.7 Å². The number of H-pyrrole nitrogens is 1. The summed E-state index contributed by atoms with van der Waals surface area (Å²) < 4.78 is 0.